The molecule has 2 fully saturated rings. The molecule has 7 nitrogen and oxygen atoms in total. The van der Waals surface area contributed by atoms with Gasteiger partial charge >= 0.3 is 5.97 Å². The zero-order valence-corrected chi connectivity index (χ0v) is 13.2. The maximum absolute atomic E-state index is 12.5. The van der Waals surface area contributed by atoms with Gasteiger partial charge in [0.2, 0.25) is 11.8 Å². The van der Waals surface area contributed by atoms with E-state index in [-0.39, 0.29) is 18.4 Å². The molecule has 1 saturated heterocycles. The van der Waals surface area contributed by atoms with Crippen molar-refractivity contribution in [3.8, 4) is 0 Å². The molecule has 7 heteroatoms. The van der Waals surface area contributed by atoms with Crippen LogP contribution in [0.4, 0.5) is 0 Å². The molecule has 2 aliphatic rings. The van der Waals surface area contributed by atoms with Gasteiger partial charge in [0.1, 0.15) is 0 Å². The Bertz CT molecular complexity index is 567. The third kappa shape index (κ3) is 4.30. The van der Waals surface area contributed by atoms with Crippen molar-refractivity contribution >= 4 is 11.9 Å². The number of aromatic nitrogens is 2. The van der Waals surface area contributed by atoms with E-state index in [1.54, 1.807) is 0 Å². The second kappa shape index (κ2) is 7.10. The lowest BCUT2D eigenvalue weighted by atomic mass is 9.97. The summed E-state index contributed by atoms with van der Waals surface area (Å²) in [4.78, 5) is 29.4. The molecule has 1 aromatic rings. The Balaban J connectivity index is 1.51. The number of nitrogens with zero attached hydrogens (tertiary/aromatic N) is 3. The van der Waals surface area contributed by atoms with Crippen molar-refractivity contribution in [2.24, 2.45) is 0 Å². The van der Waals surface area contributed by atoms with E-state index in [9.17, 15) is 9.59 Å². The van der Waals surface area contributed by atoms with Crippen molar-refractivity contribution in [3.63, 3.8) is 0 Å². The van der Waals surface area contributed by atoms with Crippen LogP contribution in [0.15, 0.2) is 4.52 Å². The Morgan fingerprint density at radius 2 is 2.04 bits per heavy atom. The number of carbonyl (C=O) groups excluding carboxylic acids is 1. The fourth-order valence-electron chi connectivity index (χ4n) is 3.15. The van der Waals surface area contributed by atoms with Crippen LogP contribution in [0.3, 0.4) is 0 Å². The lowest BCUT2D eigenvalue weighted by Crippen LogP contribution is -2.44. The van der Waals surface area contributed by atoms with Crippen LogP contribution >= 0.6 is 0 Å². The number of carboxylic acids is 1. The SMILES string of the molecule is O=C(O)CC[C@H]1CCCCN1C(=O)CCc1nc(C2CC2)no1. The minimum atomic E-state index is -0.804. The Morgan fingerprint density at radius 1 is 1.22 bits per heavy atom. The Kier molecular flexibility index (Phi) is 4.93. The standard InChI is InChI=1S/C16H23N3O4/c20-14(8-7-13-17-16(18-23-13)11-4-5-11)19-10-2-1-3-12(19)6-9-15(21)22/h11-12H,1-10H2,(H,21,22)/t12-/m1/s1. The number of rotatable bonds is 7. The monoisotopic (exact) mass is 321 g/mol. The lowest BCUT2D eigenvalue weighted by Gasteiger charge is -2.35. The molecule has 3 rings (SSSR count). The molecule has 1 aromatic heterocycles. The first-order valence-corrected chi connectivity index (χ1v) is 8.47. The van der Waals surface area contributed by atoms with Crippen molar-refractivity contribution in [1.29, 1.82) is 0 Å². The number of hydrogen-bond donors (Lipinski definition) is 1. The third-order valence-corrected chi connectivity index (χ3v) is 4.62. The van der Waals surface area contributed by atoms with Gasteiger partial charge in [0.05, 0.1) is 0 Å². The van der Waals surface area contributed by atoms with Gasteiger partial charge in [-0.15, -0.1) is 0 Å². The van der Waals surface area contributed by atoms with E-state index in [4.69, 9.17) is 9.63 Å². The number of carboxylic acid groups (broad SMARTS) is 1. The highest BCUT2D eigenvalue weighted by Gasteiger charge is 2.30. The zero-order chi connectivity index (χ0) is 16.2. The van der Waals surface area contributed by atoms with Crippen LogP contribution in [0.1, 0.15) is 69.0 Å². The number of carbonyl (C=O) groups is 2. The number of hydrogen-bond acceptors (Lipinski definition) is 5. The molecule has 2 heterocycles. The summed E-state index contributed by atoms with van der Waals surface area (Å²) in [6, 6.07) is 0.0528. The molecule has 1 atom stereocenters. The highest BCUT2D eigenvalue weighted by molar-refractivity contribution is 5.77. The van der Waals surface area contributed by atoms with Crippen LogP contribution < -0.4 is 0 Å². The summed E-state index contributed by atoms with van der Waals surface area (Å²) in [7, 11) is 0. The molecule has 126 valence electrons. The van der Waals surface area contributed by atoms with Gasteiger partial charge in [-0.3, -0.25) is 9.59 Å². The van der Waals surface area contributed by atoms with Gasteiger partial charge in [-0.2, -0.15) is 4.98 Å². The first kappa shape index (κ1) is 16.0. The average molecular weight is 321 g/mol. The maximum atomic E-state index is 12.5. The van der Waals surface area contributed by atoms with Crippen molar-refractivity contribution in [1.82, 2.24) is 15.0 Å². The molecule has 1 saturated carbocycles. The number of aliphatic carboxylic acids is 1. The van der Waals surface area contributed by atoms with Crippen LogP contribution in [0.5, 0.6) is 0 Å². The van der Waals surface area contributed by atoms with Crippen molar-refractivity contribution < 1.29 is 19.2 Å². The summed E-state index contributed by atoms with van der Waals surface area (Å²) < 4.78 is 5.20. The molecule has 0 spiro atoms. The van der Waals surface area contributed by atoms with E-state index in [1.807, 2.05) is 4.90 Å². The predicted octanol–water partition coefficient (Wildman–Crippen LogP) is 2.13. The molecular formula is C16H23N3O4. The average Bonchev–Trinajstić information content (AvgIpc) is 3.29. The fourth-order valence-corrected chi connectivity index (χ4v) is 3.15. The molecule has 1 N–H and O–H groups in total. The third-order valence-electron chi connectivity index (χ3n) is 4.62. The fraction of sp³-hybridized carbons (Fsp3) is 0.750. The van der Waals surface area contributed by atoms with E-state index < -0.39 is 5.97 Å². The largest absolute Gasteiger partial charge is 0.481 e. The molecule has 1 amide bonds. The van der Waals surface area contributed by atoms with Gasteiger partial charge in [-0.05, 0) is 38.5 Å². The van der Waals surface area contributed by atoms with Crippen LogP contribution in [0, 0.1) is 0 Å². The highest BCUT2D eigenvalue weighted by atomic mass is 16.5. The summed E-state index contributed by atoms with van der Waals surface area (Å²) in [5, 5.41) is 12.8. The molecule has 1 aliphatic carbocycles. The molecule has 1 aliphatic heterocycles. The van der Waals surface area contributed by atoms with Gasteiger partial charge in [-0.1, -0.05) is 5.16 Å². The quantitative estimate of drug-likeness (QED) is 0.826. The van der Waals surface area contributed by atoms with Crippen molar-refractivity contribution in [3.05, 3.63) is 11.7 Å². The maximum Gasteiger partial charge on any atom is 0.303 e. The number of likely N-dealkylation sites (tertiary alicyclic amines) is 1. The highest BCUT2D eigenvalue weighted by Crippen LogP contribution is 2.38. The minimum absolute atomic E-state index is 0.0528. The van der Waals surface area contributed by atoms with Crippen LogP contribution in [0.25, 0.3) is 0 Å². The molecule has 23 heavy (non-hydrogen) atoms. The van der Waals surface area contributed by atoms with Gasteiger partial charge in [0.15, 0.2) is 5.82 Å². The van der Waals surface area contributed by atoms with Crippen LogP contribution in [0.2, 0.25) is 0 Å². The molecule has 0 bridgehead atoms. The topological polar surface area (TPSA) is 96.5 Å². The second-order valence-electron chi connectivity index (χ2n) is 6.49. The van der Waals surface area contributed by atoms with E-state index in [0.29, 0.717) is 31.1 Å². The van der Waals surface area contributed by atoms with Gasteiger partial charge in [0.25, 0.3) is 0 Å². The zero-order valence-electron chi connectivity index (χ0n) is 13.2. The summed E-state index contributed by atoms with van der Waals surface area (Å²) in [6.45, 7) is 0.722. The Labute approximate surface area is 135 Å². The normalized spacial score (nSPS) is 21.4. The number of piperidine rings is 1. The first-order chi connectivity index (χ1) is 11.1. The summed E-state index contributed by atoms with van der Waals surface area (Å²) in [5.41, 5.74) is 0. The molecule has 0 radical (unpaired) electrons. The van der Waals surface area contributed by atoms with Crippen LogP contribution in [-0.2, 0) is 16.0 Å². The minimum Gasteiger partial charge on any atom is -0.481 e. The first-order valence-electron chi connectivity index (χ1n) is 8.47. The van der Waals surface area contributed by atoms with E-state index in [2.05, 4.69) is 10.1 Å². The van der Waals surface area contributed by atoms with Crippen molar-refractivity contribution in [2.75, 3.05) is 6.54 Å². The van der Waals surface area contributed by atoms with E-state index >= 15 is 0 Å². The summed E-state index contributed by atoms with van der Waals surface area (Å²) >= 11 is 0. The van der Waals surface area contributed by atoms with Crippen LogP contribution in [-0.4, -0.2) is 44.6 Å². The molecular weight excluding hydrogens is 298 g/mol. The molecule has 0 aromatic carbocycles. The van der Waals surface area contributed by atoms with Gasteiger partial charge in [0, 0.05) is 37.8 Å². The van der Waals surface area contributed by atoms with Gasteiger partial charge < -0.3 is 14.5 Å². The lowest BCUT2D eigenvalue weighted by molar-refractivity contribution is -0.140. The Morgan fingerprint density at radius 3 is 2.78 bits per heavy atom. The smallest absolute Gasteiger partial charge is 0.303 e. The second-order valence-corrected chi connectivity index (χ2v) is 6.49. The summed E-state index contributed by atoms with van der Waals surface area (Å²) in [6.07, 6.45) is 6.64. The van der Waals surface area contributed by atoms with E-state index in [0.717, 1.165) is 44.5 Å². The van der Waals surface area contributed by atoms with Gasteiger partial charge in [-0.25, -0.2) is 0 Å². The summed E-state index contributed by atoms with van der Waals surface area (Å²) in [5.74, 6) is 1.00. The Hall–Kier alpha value is -1.92. The molecule has 0 unspecified atom stereocenters. The number of amides is 1. The van der Waals surface area contributed by atoms with E-state index in [1.165, 1.54) is 0 Å². The van der Waals surface area contributed by atoms with Crippen molar-refractivity contribution in [2.45, 2.75) is 69.7 Å². The number of aryl methyl sites for hydroxylation is 1. The predicted molar refractivity (Wildman–Crippen MR) is 80.8 cm³/mol.